The summed E-state index contributed by atoms with van der Waals surface area (Å²) >= 11 is 0. The van der Waals surface area contributed by atoms with Crippen LogP contribution in [0.4, 0.5) is 12.9 Å². The van der Waals surface area contributed by atoms with E-state index >= 15 is 0 Å². The third-order valence-electron chi connectivity index (χ3n) is 4.32. The molecule has 104 valence electrons. The first-order valence-electron chi connectivity index (χ1n) is 6.68. The Hall–Kier alpha value is -0.485. The Kier molecular flexibility index (Phi) is 4.07. The van der Waals surface area contributed by atoms with Gasteiger partial charge in [0.2, 0.25) is 0 Å². The maximum atomic E-state index is 12.5. The van der Waals surface area contributed by atoms with Crippen molar-refractivity contribution in [3.8, 4) is 0 Å². The van der Waals surface area contributed by atoms with Gasteiger partial charge in [-0.25, -0.2) is 0 Å². The maximum absolute atomic E-state index is 12.5. The third kappa shape index (κ3) is 3.09. The van der Waals surface area contributed by atoms with Gasteiger partial charge in [0.1, 0.15) is 0 Å². The summed E-state index contributed by atoms with van der Waals surface area (Å²) in [5.41, 5.74) is -0.558. The zero-order chi connectivity index (χ0) is 13.3. The first kappa shape index (κ1) is 13.9. The number of likely N-dealkylation sites (tertiary alicyclic amines) is 2. The number of rotatable bonds is 3. The molecule has 2 atom stereocenters. The van der Waals surface area contributed by atoms with E-state index in [2.05, 4.69) is 18.5 Å². The summed E-state index contributed by atoms with van der Waals surface area (Å²) in [6.07, 6.45) is 3.30. The van der Waals surface area contributed by atoms with Crippen molar-refractivity contribution in [3.63, 3.8) is 0 Å². The molecule has 2 unspecified atom stereocenters. The lowest BCUT2D eigenvalue weighted by Crippen LogP contribution is -2.53. The van der Waals surface area contributed by atoms with Crippen molar-refractivity contribution in [1.29, 1.82) is 0 Å². The largest absolute Gasteiger partial charge is 0.506 e. The van der Waals surface area contributed by atoms with Gasteiger partial charge in [0.05, 0.1) is 0 Å². The molecule has 2 nitrogen and oxygen atoms in total. The molecule has 0 bridgehead atoms. The van der Waals surface area contributed by atoms with Crippen LogP contribution in [0, 0.1) is 5.92 Å². The Morgan fingerprint density at radius 2 is 2.00 bits per heavy atom. The van der Waals surface area contributed by atoms with Gasteiger partial charge in [-0.05, 0) is 51.9 Å². The topological polar surface area (TPSA) is 6.48 Å². The molecule has 6 heteroatoms. The van der Waals surface area contributed by atoms with E-state index in [9.17, 15) is 12.9 Å². The first-order chi connectivity index (χ1) is 8.38. The van der Waals surface area contributed by atoms with Gasteiger partial charge in [-0.2, -0.15) is 0 Å². The standard InChI is InChI=1S/C12H21BF3N2/c1-10(13(14,15)16)8-18-7-5-12-11(9-18)4-3-6-17(12)2/h11-12H,1,3-9H2,2H3/q-1. The van der Waals surface area contributed by atoms with E-state index in [4.69, 9.17) is 0 Å². The average molecular weight is 261 g/mol. The minimum atomic E-state index is -4.88. The van der Waals surface area contributed by atoms with Crippen molar-refractivity contribution in [2.24, 2.45) is 5.92 Å². The molecule has 0 radical (unpaired) electrons. The molecule has 0 aromatic heterocycles. The van der Waals surface area contributed by atoms with Crippen LogP contribution in [-0.4, -0.2) is 56.0 Å². The summed E-state index contributed by atoms with van der Waals surface area (Å²) in [5, 5.41) is 0. The van der Waals surface area contributed by atoms with Crippen LogP contribution < -0.4 is 0 Å². The second kappa shape index (κ2) is 5.25. The van der Waals surface area contributed by atoms with E-state index in [1.807, 2.05) is 4.90 Å². The first-order valence-corrected chi connectivity index (χ1v) is 6.68. The van der Waals surface area contributed by atoms with Gasteiger partial charge in [-0.15, -0.1) is 12.1 Å². The smallest absolute Gasteiger partial charge is 0.445 e. The zero-order valence-corrected chi connectivity index (χ0v) is 10.9. The highest BCUT2D eigenvalue weighted by atomic mass is 19.4. The molecule has 0 spiro atoms. The van der Waals surface area contributed by atoms with Crippen LogP contribution in [-0.2, 0) is 0 Å². The fourth-order valence-electron chi connectivity index (χ4n) is 3.26. The van der Waals surface area contributed by atoms with Crippen LogP contribution in [0.15, 0.2) is 12.1 Å². The molecule has 2 aliphatic rings. The van der Waals surface area contributed by atoms with Crippen molar-refractivity contribution in [1.82, 2.24) is 9.80 Å². The molecule has 18 heavy (non-hydrogen) atoms. The highest BCUT2D eigenvalue weighted by Crippen LogP contribution is 2.30. The second-order valence-corrected chi connectivity index (χ2v) is 5.71. The second-order valence-electron chi connectivity index (χ2n) is 5.71. The Morgan fingerprint density at radius 1 is 1.28 bits per heavy atom. The van der Waals surface area contributed by atoms with Gasteiger partial charge in [0.15, 0.2) is 0 Å². The van der Waals surface area contributed by atoms with Crippen molar-refractivity contribution in [2.45, 2.75) is 25.3 Å². The van der Waals surface area contributed by atoms with Gasteiger partial charge in [-0.1, -0.05) is 0 Å². The average Bonchev–Trinajstić information content (AvgIpc) is 2.28. The minimum absolute atomic E-state index is 0.00354. The summed E-state index contributed by atoms with van der Waals surface area (Å²) in [4.78, 5) is 4.30. The monoisotopic (exact) mass is 261 g/mol. The van der Waals surface area contributed by atoms with Gasteiger partial charge in [0, 0.05) is 12.6 Å². The fourth-order valence-corrected chi connectivity index (χ4v) is 3.26. The third-order valence-corrected chi connectivity index (χ3v) is 4.32. The van der Waals surface area contributed by atoms with Crippen molar-refractivity contribution < 1.29 is 12.9 Å². The predicted molar refractivity (Wildman–Crippen MR) is 68.4 cm³/mol. The lowest BCUT2D eigenvalue weighted by molar-refractivity contribution is 0.0426. The predicted octanol–water partition coefficient (Wildman–Crippen LogP) is 2.35. The van der Waals surface area contributed by atoms with Crippen LogP contribution in [0.1, 0.15) is 19.3 Å². The van der Waals surface area contributed by atoms with E-state index in [0.717, 1.165) is 38.9 Å². The van der Waals surface area contributed by atoms with E-state index in [1.54, 1.807) is 0 Å². The van der Waals surface area contributed by atoms with Gasteiger partial charge in [0.25, 0.3) is 0 Å². The Bertz CT molecular complexity index is 319. The molecule has 2 heterocycles. The number of fused-ring (bicyclic) bond motifs is 1. The van der Waals surface area contributed by atoms with Crippen LogP contribution in [0.3, 0.4) is 0 Å². The molecule has 2 saturated heterocycles. The van der Waals surface area contributed by atoms with E-state index in [1.165, 1.54) is 0 Å². The molecule has 0 aliphatic carbocycles. The lowest BCUT2D eigenvalue weighted by atomic mass is 9.79. The van der Waals surface area contributed by atoms with Crippen LogP contribution in [0.25, 0.3) is 0 Å². The van der Waals surface area contributed by atoms with Gasteiger partial charge < -0.3 is 22.7 Å². The summed E-state index contributed by atoms with van der Waals surface area (Å²) in [6.45, 7) is 0.984. The van der Waals surface area contributed by atoms with Gasteiger partial charge in [-0.3, -0.25) is 0 Å². The summed E-state index contributed by atoms with van der Waals surface area (Å²) in [5.74, 6) is 0.533. The van der Waals surface area contributed by atoms with E-state index in [-0.39, 0.29) is 6.54 Å². The Balaban J connectivity index is 1.89. The molecule has 2 fully saturated rings. The highest BCUT2D eigenvalue weighted by Gasteiger charge is 2.35. The molecule has 0 saturated carbocycles. The normalized spacial score (nSPS) is 31.1. The fraction of sp³-hybridized carbons (Fsp3) is 0.833. The summed E-state index contributed by atoms with van der Waals surface area (Å²) in [6, 6.07) is 0.569. The molecule has 0 N–H and O–H groups in total. The molecule has 2 rings (SSSR count). The quantitative estimate of drug-likeness (QED) is 0.719. The molecular weight excluding hydrogens is 240 g/mol. The number of hydrogen-bond acceptors (Lipinski definition) is 2. The number of halogens is 3. The summed E-state index contributed by atoms with van der Waals surface area (Å²) < 4.78 is 37.6. The van der Waals surface area contributed by atoms with Crippen LogP contribution >= 0.6 is 0 Å². The minimum Gasteiger partial charge on any atom is -0.445 e. The van der Waals surface area contributed by atoms with Crippen molar-refractivity contribution in [2.75, 3.05) is 33.2 Å². The molecule has 0 aromatic rings. The van der Waals surface area contributed by atoms with Crippen molar-refractivity contribution >= 4 is 6.98 Å². The van der Waals surface area contributed by atoms with E-state index in [0.29, 0.717) is 12.0 Å². The zero-order valence-electron chi connectivity index (χ0n) is 10.9. The van der Waals surface area contributed by atoms with Crippen molar-refractivity contribution in [3.05, 3.63) is 12.1 Å². The SMILES string of the molecule is C=C(CN1CCC2C(CCCN2C)C1)[B-](F)(F)F. The number of nitrogens with zero attached hydrogens (tertiary/aromatic N) is 2. The maximum Gasteiger partial charge on any atom is 0.506 e. The van der Waals surface area contributed by atoms with Crippen LogP contribution in [0.5, 0.6) is 0 Å². The lowest BCUT2D eigenvalue weighted by Gasteiger charge is -2.46. The molecule has 0 amide bonds. The Morgan fingerprint density at radius 3 is 2.67 bits per heavy atom. The van der Waals surface area contributed by atoms with E-state index < -0.39 is 12.4 Å². The van der Waals surface area contributed by atoms with Gasteiger partial charge >= 0.3 is 6.98 Å². The number of hydrogen-bond donors (Lipinski definition) is 0. The molecular formula is C12H21BF3N2-. The molecule has 2 aliphatic heterocycles. The number of piperidine rings is 2. The highest BCUT2D eigenvalue weighted by molar-refractivity contribution is 6.66. The Labute approximate surface area is 107 Å². The molecule has 0 aromatic carbocycles. The van der Waals surface area contributed by atoms with Crippen LogP contribution in [0.2, 0.25) is 0 Å². The summed E-state index contributed by atoms with van der Waals surface area (Å²) in [7, 11) is 2.13.